The molecule has 1 saturated carbocycles. The fraction of sp³-hybridized carbons (Fsp3) is 0.723. The third-order valence-electron chi connectivity index (χ3n) is 18.7. The molecule has 0 radical (unpaired) electrons. The van der Waals surface area contributed by atoms with Crippen molar-refractivity contribution in [3.8, 4) is 5.75 Å². The molecule has 3 aliphatic heterocycles. The standard InChI is InChI=1S/C65H97ClN6O20S/c1-10-11-12-13-17-45(73)24-26-86-28-30-88-32-31-87-29-27-85-25-15-19-59(76)89-40-49-47-20-22-50-51(23-21-48(47)49)72(69-68-50)39-46(93(80,81)82)36-57(74)70(6)43(4)62(77)91-56-37-58(75)71(7)52-34-44(35-53(83-8)60(52)66)33-41(2)16-14-18-55(84-9)65(79)38-54(90-63(78)67-65)42(3)61-64(56,5)92-61/h14,16,18,34-35,42-43,46-49,54-56,61,79H,10-13,15,17,19-33,36-40H2,1-9H3,(H2,67,78,80,81,82)/p+1/b18-14+,41-16+/t42-,43-,46?,47-,48+,49?,54+,55-,56+,61+,64+,65+/m1/s1. The Hall–Kier alpha value is -5.62. The Labute approximate surface area is 551 Å². The van der Waals surface area contributed by atoms with Gasteiger partial charge in [-0.25, -0.2) is 9.59 Å². The molecule has 2 aromatic rings. The smallest absolute Gasteiger partial charge is 0.409 e. The molecule has 28 heteroatoms. The lowest BCUT2D eigenvalue weighted by Gasteiger charge is -2.42. The first-order chi connectivity index (χ1) is 44.3. The number of likely N-dealkylation sites (N-methyl/N-ethyl adjacent to an activating group) is 1. The van der Waals surface area contributed by atoms with Gasteiger partial charge in [-0.05, 0) is 88.3 Å². The van der Waals surface area contributed by atoms with Crippen LogP contribution in [-0.4, -0.2) is 204 Å². The lowest BCUT2D eigenvalue weighted by atomic mass is 9.83. The van der Waals surface area contributed by atoms with Gasteiger partial charge < -0.3 is 62.3 Å². The number of rotatable bonds is 33. The Morgan fingerprint density at radius 2 is 1.62 bits per heavy atom. The molecule has 2 aliphatic carbocycles. The normalized spacial score (nSPS) is 27.1. The zero-order valence-corrected chi connectivity index (χ0v) is 56.9. The second-order valence-corrected chi connectivity index (χ2v) is 27.4. The number of unbranched alkanes of at least 4 members (excludes halogenated alkanes) is 3. The van der Waals surface area contributed by atoms with E-state index < -0.39 is 99.8 Å². The van der Waals surface area contributed by atoms with E-state index in [4.69, 9.17) is 59.0 Å². The molecule has 4 heterocycles. The van der Waals surface area contributed by atoms with Gasteiger partial charge in [0.15, 0.2) is 11.4 Å². The van der Waals surface area contributed by atoms with Crippen LogP contribution >= 0.6 is 11.6 Å². The predicted molar refractivity (Wildman–Crippen MR) is 339 cm³/mol. The summed E-state index contributed by atoms with van der Waals surface area (Å²) < 4.78 is 95.7. The molecule has 2 unspecified atom stereocenters. The number of hydrogen-bond donors (Lipinski definition) is 4. The van der Waals surface area contributed by atoms with Crippen LogP contribution in [0.3, 0.4) is 0 Å². The van der Waals surface area contributed by atoms with Gasteiger partial charge in [0, 0.05) is 83.8 Å². The molecule has 520 valence electrons. The fourth-order valence-corrected chi connectivity index (χ4v) is 13.7. The minimum atomic E-state index is -4.89. The monoisotopic (exact) mass is 1350 g/mol. The number of ketones is 1. The molecule has 4 bridgehead atoms. The summed E-state index contributed by atoms with van der Waals surface area (Å²) in [6.45, 7) is 11.9. The van der Waals surface area contributed by atoms with Crippen LogP contribution in [0, 0.1) is 23.7 Å². The van der Waals surface area contributed by atoms with Crippen molar-refractivity contribution in [1.82, 2.24) is 20.5 Å². The molecule has 7 rings (SSSR count). The Kier molecular flexibility index (Phi) is 28.0. The topological polar surface area (TPSA) is 324 Å². The largest absolute Gasteiger partial charge is 0.495 e. The van der Waals surface area contributed by atoms with E-state index in [0.29, 0.717) is 115 Å². The van der Waals surface area contributed by atoms with Gasteiger partial charge in [-0.2, -0.15) is 13.1 Å². The van der Waals surface area contributed by atoms with Crippen molar-refractivity contribution in [2.45, 2.75) is 191 Å². The molecular weight excluding hydrogens is 1250 g/mol. The zero-order valence-electron chi connectivity index (χ0n) is 55.4. The zero-order chi connectivity index (χ0) is 67.6. The molecular formula is C65H98ClN6O20S+. The number of allylic oxidation sites excluding steroid dienone is 3. The third kappa shape index (κ3) is 20.9. The lowest BCUT2D eigenvalue weighted by molar-refractivity contribution is -0.759. The number of epoxide rings is 1. The number of halogens is 1. The SMILES string of the molecule is CCCCCCC(=O)CCOCCOCCOCCOCCCC(=O)OCC1[C@H]2CCc3c(n[nH][n+]3CC(CC(=O)N(C)[C@H](C)C(=O)O[C@H]3CC(=O)N(C)c4cc(cc(OC)c4Cl)C/C(C)=C/C=C/[C@@H](OC)[C@@]4(O)C[C@H](OC(=O)N4)[C@@H](C)[C@@H]4O[C@@]34C)S(=O)(=O)O)CC[C@@H]12. The summed E-state index contributed by atoms with van der Waals surface area (Å²) >= 11 is 6.85. The van der Waals surface area contributed by atoms with Crippen LogP contribution < -0.4 is 19.6 Å². The van der Waals surface area contributed by atoms with Gasteiger partial charge in [-0.15, -0.1) is 0 Å². The summed E-state index contributed by atoms with van der Waals surface area (Å²) in [5, 5.41) is 20.3. The molecule has 1 aromatic carbocycles. The highest BCUT2D eigenvalue weighted by molar-refractivity contribution is 7.86. The molecule has 3 fully saturated rings. The van der Waals surface area contributed by atoms with Crippen molar-refractivity contribution < 1.29 is 98.9 Å². The van der Waals surface area contributed by atoms with Crippen LogP contribution in [0.5, 0.6) is 5.75 Å². The number of benzene rings is 1. The van der Waals surface area contributed by atoms with Crippen molar-refractivity contribution in [3.63, 3.8) is 0 Å². The van der Waals surface area contributed by atoms with Crippen molar-refractivity contribution in [2.75, 3.05) is 92.7 Å². The van der Waals surface area contributed by atoms with Crippen LogP contribution in [0.4, 0.5) is 10.5 Å². The molecule has 2 saturated heterocycles. The van der Waals surface area contributed by atoms with Gasteiger partial charge in [0.25, 0.3) is 10.1 Å². The number of aryl methyl sites for hydroxylation is 1. The molecule has 26 nitrogen and oxygen atoms in total. The lowest BCUT2D eigenvalue weighted by Crippen LogP contribution is -2.63. The van der Waals surface area contributed by atoms with Crippen LogP contribution in [-0.2, 0) is 103 Å². The number of nitrogens with zero attached hydrogens (tertiary/aromatic N) is 4. The molecule has 5 aliphatic rings. The summed E-state index contributed by atoms with van der Waals surface area (Å²) in [4.78, 5) is 83.1. The molecule has 12 atom stereocenters. The summed E-state index contributed by atoms with van der Waals surface area (Å²) in [5.74, 6) is -2.03. The number of aliphatic hydroxyl groups is 1. The number of aromatic nitrogens is 3. The molecule has 0 spiro atoms. The number of ether oxygens (including phenoxy) is 10. The Morgan fingerprint density at radius 3 is 2.29 bits per heavy atom. The number of alkyl carbamates (subject to hydrolysis) is 1. The average Bonchev–Trinajstić information content (AvgIpc) is 1.55. The number of methoxy groups -OCH3 is 2. The maximum absolute atomic E-state index is 14.5. The van der Waals surface area contributed by atoms with Crippen molar-refractivity contribution in [1.29, 1.82) is 0 Å². The number of aromatic amines is 1. The van der Waals surface area contributed by atoms with Crippen molar-refractivity contribution in [2.24, 2.45) is 23.7 Å². The van der Waals surface area contributed by atoms with Gasteiger partial charge >= 0.3 is 18.0 Å². The number of anilines is 1. The van der Waals surface area contributed by atoms with Gasteiger partial charge in [-0.1, -0.05) is 73.7 Å². The van der Waals surface area contributed by atoms with Gasteiger partial charge in [0.05, 0.1) is 78.2 Å². The minimum Gasteiger partial charge on any atom is -0.495 e. The molecule has 4 N–H and O–H groups in total. The van der Waals surface area contributed by atoms with Crippen molar-refractivity contribution in [3.05, 3.63) is 57.9 Å². The van der Waals surface area contributed by atoms with Gasteiger partial charge in [0.1, 0.15) is 58.3 Å². The van der Waals surface area contributed by atoms with Crippen LogP contribution in [0.25, 0.3) is 0 Å². The number of Topliss-reactive ketones (excluding diaryl/α,β-unsaturated/α-hetero) is 1. The van der Waals surface area contributed by atoms with Crippen molar-refractivity contribution >= 4 is 63.0 Å². The van der Waals surface area contributed by atoms with Crippen LogP contribution in [0.1, 0.15) is 135 Å². The number of esters is 2. The van der Waals surface area contributed by atoms with Gasteiger partial charge in [-0.3, -0.25) is 29.0 Å². The number of H-pyrrole nitrogens is 1. The number of carbonyl (C=O) groups is 6. The summed E-state index contributed by atoms with van der Waals surface area (Å²) in [6, 6.07) is 2.12. The van der Waals surface area contributed by atoms with E-state index in [2.05, 4.69) is 22.6 Å². The first-order valence-corrected chi connectivity index (χ1v) is 34.5. The average molecular weight is 1350 g/mol. The number of amides is 3. The third-order valence-corrected chi connectivity index (χ3v) is 20.2. The Morgan fingerprint density at radius 1 is 0.946 bits per heavy atom. The summed E-state index contributed by atoms with van der Waals surface area (Å²) in [7, 11) is 0.769. The highest BCUT2D eigenvalue weighted by Crippen LogP contribution is 2.53. The maximum Gasteiger partial charge on any atom is 0.409 e. The Balaban J connectivity index is 0.882. The van der Waals surface area contributed by atoms with E-state index in [0.717, 1.165) is 59.5 Å². The number of carbonyl (C=O) groups excluding carboxylic acids is 6. The van der Waals surface area contributed by atoms with E-state index in [1.54, 1.807) is 38.1 Å². The Bertz CT molecular complexity index is 3060. The molecule has 3 amide bonds. The van der Waals surface area contributed by atoms with E-state index in [1.807, 2.05) is 13.0 Å². The molecule has 93 heavy (non-hydrogen) atoms. The minimum absolute atomic E-state index is 0.142. The quantitative estimate of drug-likeness (QED) is 0.0161. The van der Waals surface area contributed by atoms with E-state index in [-0.39, 0.29) is 54.6 Å². The highest BCUT2D eigenvalue weighted by Gasteiger charge is 2.65. The van der Waals surface area contributed by atoms with E-state index >= 15 is 0 Å². The number of nitrogens with one attached hydrogen (secondary N) is 2. The maximum atomic E-state index is 14.5. The molecule has 1 aromatic heterocycles. The first-order valence-electron chi connectivity index (χ1n) is 32.6. The summed E-state index contributed by atoms with van der Waals surface area (Å²) in [6.07, 6.45) is 7.77. The van der Waals surface area contributed by atoms with Crippen LogP contribution in [0.2, 0.25) is 5.02 Å². The fourth-order valence-electron chi connectivity index (χ4n) is 12.7. The second-order valence-electron chi connectivity index (χ2n) is 25.4. The number of hydrogen-bond acceptors (Lipinski definition) is 20. The predicted octanol–water partition coefficient (Wildman–Crippen LogP) is 5.93. The van der Waals surface area contributed by atoms with E-state index in [9.17, 15) is 46.8 Å². The second kappa shape index (κ2) is 34.9. The number of fused-ring (bicyclic) bond motifs is 7. The highest BCUT2D eigenvalue weighted by atomic mass is 35.5. The first kappa shape index (κ1) is 74.8. The summed E-state index contributed by atoms with van der Waals surface area (Å²) in [5.41, 5.74) is 0.0264. The van der Waals surface area contributed by atoms with Gasteiger partial charge in [0.2, 0.25) is 17.5 Å². The van der Waals surface area contributed by atoms with Crippen LogP contribution in [0.15, 0.2) is 35.9 Å². The van der Waals surface area contributed by atoms with E-state index in [1.165, 1.54) is 44.8 Å².